The number of hydrogen-bond acceptors (Lipinski definition) is 4. The maximum absolute atomic E-state index is 12.8. The summed E-state index contributed by atoms with van der Waals surface area (Å²) in [5.41, 5.74) is -4.33. The Bertz CT molecular complexity index is 1040. The van der Waals surface area contributed by atoms with Crippen LogP contribution in [0.5, 0.6) is 0 Å². The molecule has 0 spiro atoms. The summed E-state index contributed by atoms with van der Waals surface area (Å²) in [5.74, 6) is 0. The second-order valence-electron chi connectivity index (χ2n) is 4.60. The van der Waals surface area contributed by atoms with Gasteiger partial charge in [0, 0.05) is 23.8 Å². The molecule has 0 saturated heterocycles. The molecule has 0 amide bonds. The third-order valence-corrected chi connectivity index (χ3v) is 4.85. The van der Waals surface area contributed by atoms with E-state index in [-0.39, 0.29) is 21.3 Å². The van der Waals surface area contributed by atoms with E-state index in [1.165, 1.54) is 0 Å². The van der Waals surface area contributed by atoms with Crippen molar-refractivity contribution in [2.24, 2.45) is 7.05 Å². The Morgan fingerprint density at radius 2 is 1.71 bits per heavy atom. The smallest absolute Gasteiger partial charge is 0.292 e. The van der Waals surface area contributed by atoms with Crippen LogP contribution in [0, 0.1) is 0 Å². The van der Waals surface area contributed by atoms with E-state index < -0.39 is 37.1 Å². The van der Waals surface area contributed by atoms with Gasteiger partial charge in [-0.2, -0.15) is 13.2 Å². The average molecular weight is 403 g/mol. The van der Waals surface area contributed by atoms with E-state index in [1.807, 2.05) is 0 Å². The van der Waals surface area contributed by atoms with Crippen LogP contribution in [0.25, 0.3) is 5.69 Å². The van der Waals surface area contributed by atoms with Crippen LogP contribution in [0.15, 0.2) is 38.8 Å². The maximum atomic E-state index is 12.8. The molecule has 2 rings (SSSR count). The molecule has 1 heterocycles. The molecule has 0 aliphatic heterocycles. The van der Waals surface area contributed by atoms with Crippen LogP contribution in [0.3, 0.4) is 0 Å². The number of rotatable bonds is 2. The van der Waals surface area contributed by atoms with Gasteiger partial charge in [0.15, 0.2) is 0 Å². The van der Waals surface area contributed by atoms with Gasteiger partial charge in [-0.3, -0.25) is 9.36 Å². The molecule has 1 aromatic heterocycles. The predicted octanol–water partition coefficient (Wildman–Crippen LogP) is 2.14. The molecule has 0 aliphatic rings. The van der Waals surface area contributed by atoms with Crippen molar-refractivity contribution in [3.63, 3.8) is 0 Å². The molecule has 0 unspecified atom stereocenters. The van der Waals surface area contributed by atoms with Crippen molar-refractivity contribution < 1.29 is 21.6 Å². The molecule has 0 radical (unpaired) electrons. The highest BCUT2D eigenvalue weighted by Crippen LogP contribution is 2.28. The molecule has 0 atom stereocenters. The summed E-state index contributed by atoms with van der Waals surface area (Å²) in [6, 6.07) is 3.20. The largest absolute Gasteiger partial charge is 0.431 e. The van der Waals surface area contributed by atoms with Gasteiger partial charge in [0.05, 0.1) is 10.7 Å². The highest BCUT2D eigenvalue weighted by Gasteiger charge is 2.35. The minimum Gasteiger partial charge on any atom is -0.292 e. The van der Waals surface area contributed by atoms with Gasteiger partial charge in [0.2, 0.25) is 0 Å². The standard InChI is InChI=1S/C12H7Cl2F3N2O4S/c1-18-9(12(15,16)17)5-10(20)19(11(18)21)6-2-3-7(13)8(4-6)24(14,22)23/h2-5H,1H3. The zero-order valence-electron chi connectivity index (χ0n) is 11.6. The van der Waals surface area contributed by atoms with Crippen LogP contribution in [0.1, 0.15) is 5.69 Å². The average Bonchev–Trinajstić information content (AvgIpc) is 2.42. The van der Waals surface area contributed by atoms with Crippen LogP contribution in [-0.2, 0) is 22.3 Å². The Morgan fingerprint density at radius 1 is 1.12 bits per heavy atom. The van der Waals surface area contributed by atoms with Crippen LogP contribution < -0.4 is 11.2 Å². The first kappa shape index (κ1) is 18.6. The third kappa shape index (κ3) is 3.35. The maximum Gasteiger partial charge on any atom is 0.431 e. The lowest BCUT2D eigenvalue weighted by molar-refractivity contribution is -0.144. The van der Waals surface area contributed by atoms with Gasteiger partial charge >= 0.3 is 11.9 Å². The van der Waals surface area contributed by atoms with Crippen molar-refractivity contribution in [3.8, 4) is 5.69 Å². The molecule has 12 heteroatoms. The molecule has 2 aromatic rings. The Kier molecular flexibility index (Phi) is 4.59. The first-order chi connectivity index (χ1) is 10.8. The fraction of sp³-hybridized carbons (Fsp3) is 0.167. The summed E-state index contributed by atoms with van der Waals surface area (Å²) < 4.78 is 61.8. The second kappa shape index (κ2) is 5.94. The van der Waals surface area contributed by atoms with E-state index in [9.17, 15) is 31.2 Å². The summed E-state index contributed by atoms with van der Waals surface area (Å²) >= 11 is 5.68. The minimum absolute atomic E-state index is 0.227. The normalized spacial score (nSPS) is 12.4. The topological polar surface area (TPSA) is 78.1 Å². The summed E-state index contributed by atoms with van der Waals surface area (Å²) in [4.78, 5) is 23.5. The van der Waals surface area contributed by atoms with Crippen molar-refractivity contribution in [3.05, 3.63) is 55.8 Å². The van der Waals surface area contributed by atoms with Gasteiger partial charge in [-0.15, -0.1) is 0 Å². The van der Waals surface area contributed by atoms with Crippen molar-refractivity contribution in [2.45, 2.75) is 11.1 Å². The lowest BCUT2D eigenvalue weighted by atomic mass is 10.3. The zero-order chi connectivity index (χ0) is 18.4. The first-order valence-electron chi connectivity index (χ1n) is 5.99. The molecule has 24 heavy (non-hydrogen) atoms. The van der Waals surface area contributed by atoms with Gasteiger partial charge in [0.1, 0.15) is 10.6 Å². The van der Waals surface area contributed by atoms with Gasteiger partial charge in [-0.05, 0) is 18.2 Å². The number of halogens is 5. The fourth-order valence-electron chi connectivity index (χ4n) is 1.95. The Morgan fingerprint density at radius 3 is 2.21 bits per heavy atom. The third-order valence-electron chi connectivity index (χ3n) is 3.05. The van der Waals surface area contributed by atoms with Crippen LogP contribution in [0.4, 0.5) is 13.2 Å². The van der Waals surface area contributed by atoms with Crippen LogP contribution in [0.2, 0.25) is 5.02 Å². The molecular formula is C12H7Cl2F3N2O4S. The molecule has 6 nitrogen and oxygen atoms in total. The van der Waals surface area contributed by atoms with E-state index in [0.717, 1.165) is 25.2 Å². The lowest BCUT2D eigenvalue weighted by Crippen LogP contribution is -2.40. The van der Waals surface area contributed by atoms with E-state index >= 15 is 0 Å². The van der Waals surface area contributed by atoms with Crippen LogP contribution >= 0.6 is 22.3 Å². The van der Waals surface area contributed by atoms with Crippen molar-refractivity contribution in [1.29, 1.82) is 0 Å². The van der Waals surface area contributed by atoms with Gasteiger partial charge in [-0.25, -0.2) is 17.8 Å². The van der Waals surface area contributed by atoms with E-state index in [1.54, 1.807) is 0 Å². The Hall–Kier alpha value is -1.78. The number of hydrogen-bond donors (Lipinski definition) is 0. The molecular weight excluding hydrogens is 396 g/mol. The van der Waals surface area contributed by atoms with E-state index in [4.69, 9.17) is 22.3 Å². The second-order valence-corrected chi connectivity index (χ2v) is 7.54. The molecule has 130 valence electrons. The minimum atomic E-state index is -4.91. The number of benzene rings is 1. The SMILES string of the molecule is Cn1c(C(F)(F)F)cc(=O)n(-c2ccc(Cl)c(S(=O)(=O)Cl)c2)c1=O. The Labute approximate surface area is 142 Å². The predicted molar refractivity (Wildman–Crippen MR) is 80.3 cm³/mol. The number of alkyl halides is 3. The number of nitrogens with zero attached hydrogens (tertiary/aromatic N) is 2. The highest BCUT2D eigenvalue weighted by molar-refractivity contribution is 8.13. The highest BCUT2D eigenvalue weighted by atomic mass is 35.7. The molecule has 0 saturated carbocycles. The quantitative estimate of drug-likeness (QED) is 0.720. The van der Waals surface area contributed by atoms with Gasteiger partial charge in [-0.1, -0.05) is 11.6 Å². The van der Waals surface area contributed by atoms with Crippen LogP contribution in [-0.4, -0.2) is 17.6 Å². The summed E-state index contributed by atoms with van der Waals surface area (Å²) in [7, 11) is 1.72. The molecule has 0 aliphatic carbocycles. The summed E-state index contributed by atoms with van der Waals surface area (Å²) in [6.07, 6.45) is -4.91. The van der Waals surface area contributed by atoms with Crippen molar-refractivity contribution in [2.75, 3.05) is 0 Å². The Balaban J connectivity index is 2.84. The van der Waals surface area contributed by atoms with E-state index in [0.29, 0.717) is 4.57 Å². The summed E-state index contributed by atoms with van der Waals surface area (Å²) in [5, 5.41) is -0.273. The molecule has 0 N–H and O–H groups in total. The molecule has 0 bridgehead atoms. The van der Waals surface area contributed by atoms with Gasteiger partial charge < -0.3 is 0 Å². The van der Waals surface area contributed by atoms with Crippen molar-refractivity contribution in [1.82, 2.24) is 9.13 Å². The summed E-state index contributed by atoms with van der Waals surface area (Å²) in [6.45, 7) is 0. The van der Waals surface area contributed by atoms with Gasteiger partial charge in [0.25, 0.3) is 14.6 Å². The molecule has 1 aromatic carbocycles. The van der Waals surface area contributed by atoms with E-state index in [2.05, 4.69) is 0 Å². The lowest BCUT2D eigenvalue weighted by Gasteiger charge is -2.14. The first-order valence-corrected chi connectivity index (χ1v) is 8.67. The fourth-order valence-corrected chi connectivity index (χ4v) is 3.44. The molecule has 0 fully saturated rings. The zero-order valence-corrected chi connectivity index (χ0v) is 14.0. The number of aromatic nitrogens is 2. The monoisotopic (exact) mass is 402 g/mol. The van der Waals surface area contributed by atoms with Crippen molar-refractivity contribution >= 4 is 31.3 Å².